The van der Waals surface area contributed by atoms with Gasteiger partial charge in [-0.1, -0.05) is 28.1 Å². The summed E-state index contributed by atoms with van der Waals surface area (Å²) in [5, 5.41) is 2.59. The van der Waals surface area contributed by atoms with Crippen LogP contribution in [-0.4, -0.2) is 12.5 Å². The second kappa shape index (κ2) is 7.31. The zero-order valence-corrected chi connectivity index (χ0v) is 12.8. The van der Waals surface area contributed by atoms with Crippen molar-refractivity contribution in [2.75, 3.05) is 6.54 Å². The molecule has 0 aliphatic heterocycles. The number of amides is 1. The van der Waals surface area contributed by atoms with Gasteiger partial charge in [0.15, 0.2) is 0 Å². The fourth-order valence-corrected chi connectivity index (χ4v) is 2.40. The number of hydrogen-bond donors (Lipinski definition) is 1. The first kappa shape index (κ1) is 15.6. The van der Waals surface area contributed by atoms with Crippen molar-refractivity contribution in [3.05, 3.63) is 69.7 Å². The normalized spacial score (nSPS) is 10.4. The third-order valence-corrected chi connectivity index (χ3v) is 3.48. The molecule has 0 saturated carbocycles. The third kappa shape index (κ3) is 4.63. The molecule has 0 heterocycles. The van der Waals surface area contributed by atoms with Gasteiger partial charge in [-0.15, -0.1) is 0 Å². The molecule has 0 atom stereocenters. The topological polar surface area (TPSA) is 29.1 Å². The van der Waals surface area contributed by atoms with Crippen molar-refractivity contribution in [2.45, 2.75) is 12.8 Å². The van der Waals surface area contributed by atoms with E-state index in [1.807, 2.05) is 24.3 Å². The number of carbonyl (C=O) groups is 1. The minimum Gasteiger partial charge on any atom is -0.352 e. The lowest BCUT2D eigenvalue weighted by molar-refractivity contribution is 0.0948. The van der Waals surface area contributed by atoms with Crippen LogP contribution in [-0.2, 0) is 6.42 Å². The van der Waals surface area contributed by atoms with E-state index in [1.165, 1.54) is 0 Å². The van der Waals surface area contributed by atoms with Crippen LogP contribution in [0.5, 0.6) is 0 Å². The predicted octanol–water partition coefficient (Wildman–Crippen LogP) is 4.09. The largest absolute Gasteiger partial charge is 0.352 e. The summed E-state index contributed by atoms with van der Waals surface area (Å²) in [7, 11) is 0. The van der Waals surface area contributed by atoms with Gasteiger partial charge >= 0.3 is 0 Å². The van der Waals surface area contributed by atoms with Crippen molar-refractivity contribution in [1.29, 1.82) is 0 Å². The highest BCUT2D eigenvalue weighted by Gasteiger charge is 2.11. The van der Waals surface area contributed by atoms with Gasteiger partial charge in [0.05, 0.1) is 5.56 Å². The van der Waals surface area contributed by atoms with Crippen molar-refractivity contribution in [3.63, 3.8) is 0 Å². The molecular weight excluding hydrogens is 340 g/mol. The maximum absolute atomic E-state index is 13.4. The van der Waals surface area contributed by atoms with E-state index >= 15 is 0 Å². The Labute approximate surface area is 130 Å². The van der Waals surface area contributed by atoms with Crippen molar-refractivity contribution >= 4 is 21.8 Å². The van der Waals surface area contributed by atoms with Crippen LogP contribution in [0.4, 0.5) is 8.78 Å². The van der Waals surface area contributed by atoms with Gasteiger partial charge in [-0.05, 0) is 48.7 Å². The SMILES string of the molecule is O=C(NCCCc1cccc(Br)c1)c1cc(F)ccc1F. The van der Waals surface area contributed by atoms with Crippen LogP contribution in [0.25, 0.3) is 0 Å². The Balaban J connectivity index is 1.83. The van der Waals surface area contributed by atoms with E-state index in [2.05, 4.69) is 21.2 Å². The molecule has 0 bridgehead atoms. The van der Waals surface area contributed by atoms with E-state index < -0.39 is 17.5 Å². The Morgan fingerprint density at radius 3 is 2.71 bits per heavy atom. The van der Waals surface area contributed by atoms with Crippen molar-refractivity contribution in [2.24, 2.45) is 0 Å². The predicted molar refractivity (Wildman–Crippen MR) is 81.2 cm³/mol. The van der Waals surface area contributed by atoms with Gasteiger partial charge in [0.2, 0.25) is 0 Å². The van der Waals surface area contributed by atoms with Crippen molar-refractivity contribution in [1.82, 2.24) is 5.32 Å². The number of aryl methyl sites for hydroxylation is 1. The van der Waals surface area contributed by atoms with Crippen LogP contribution in [0.15, 0.2) is 46.9 Å². The number of halogens is 3. The lowest BCUT2D eigenvalue weighted by atomic mass is 10.1. The van der Waals surface area contributed by atoms with E-state index in [1.54, 1.807) is 0 Å². The smallest absolute Gasteiger partial charge is 0.254 e. The molecule has 1 amide bonds. The van der Waals surface area contributed by atoms with Crippen LogP contribution >= 0.6 is 15.9 Å². The maximum atomic E-state index is 13.4. The summed E-state index contributed by atoms with van der Waals surface area (Å²) in [6, 6.07) is 10.7. The molecule has 21 heavy (non-hydrogen) atoms. The molecule has 2 aromatic carbocycles. The number of hydrogen-bond acceptors (Lipinski definition) is 1. The molecule has 2 rings (SSSR count). The first-order valence-corrected chi connectivity index (χ1v) is 7.33. The van der Waals surface area contributed by atoms with E-state index in [0.29, 0.717) is 6.54 Å². The van der Waals surface area contributed by atoms with Gasteiger partial charge < -0.3 is 5.32 Å². The molecule has 2 aromatic rings. The minimum absolute atomic E-state index is 0.266. The van der Waals surface area contributed by atoms with Gasteiger partial charge in [-0.2, -0.15) is 0 Å². The van der Waals surface area contributed by atoms with Crippen LogP contribution in [0.2, 0.25) is 0 Å². The van der Waals surface area contributed by atoms with Crippen molar-refractivity contribution < 1.29 is 13.6 Å². The van der Waals surface area contributed by atoms with E-state index in [-0.39, 0.29) is 5.56 Å². The summed E-state index contributed by atoms with van der Waals surface area (Å²) < 4.78 is 27.4. The van der Waals surface area contributed by atoms with Crippen LogP contribution in [0, 0.1) is 11.6 Å². The Kier molecular flexibility index (Phi) is 5.44. The van der Waals surface area contributed by atoms with Crippen molar-refractivity contribution in [3.8, 4) is 0 Å². The lowest BCUT2D eigenvalue weighted by Gasteiger charge is -2.06. The summed E-state index contributed by atoms with van der Waals surface area (Å²) in [4.78, 5) is 11.8. The van der Waals surface area contributed by atoms with Crippen LogP contribution in [0.3, 0.4) is 0 Å². The summed E-state index contributed by atoms with van der Waals surface area (Å²) in [5.41, 5.74) is 0.882. The average Bonchev–Trinajstić information content (AvgIpc) is 2.46. The Hall–Kier alpha value is -1.75. The molecule has 0 saturated heterocycles. The number of benzene rings is 2. The summed E-state index contributed by atoms with van der Waals surface area (Å²) in [5.74, 6) is -1.95. The first-order valence-electron chi connectivity index (χ1n) is 6.54. The lowest BCUT2D eigenvalue weighted by Crippen LogP contribution is -2.25. The maximum Gasteiger partial charge on any atom is 0.254 e. The van der Waals surface area contributed by atoms with Gasteiger partial charge in [-0.3, -0.25) is 4.79 Å². The molecule has 0 aliphatic carbocycles. The quantitative estimate of drug-likeness (QED) is 0.806. The molecule has 110 valence electrons. The van der Waals surface area contributed by atoms with Gasteiger partial charge in [-0.25, -0.2) is 8.78 Å². The highest BCUT2D eigenvalue weighted by molar-refractivity contribution is 9.10. The van der Waals surface area contributed by atoms with Crippen LogP contribution in [0.1, 0.15) is 22.3 Å². The van der Waals surface area contributed by atoms with E-state index in [4.69, 9.17) is 0 Å². The highest BCUT2D eigenvalue weighted by atomic mass is 79.9. The Bertz CT molecular complexity index is 646. The second-order valence-corrected chi connectivity index (χ2v) is 5.53. The Morgan fingerprint density at radius 1 is 1.14 bits per heavy atom. The standard InChI is InChI=1S/C16H14BrF2NO/c17-12-5-1-3-11(9-12)4-2-8-20-16(21)14-10-13(18)6-7-15(14)19/h1,3,5-7,9-10H,2,4,8H2,(H,20,21). The number of rotatable bonds is 5. The number of nitrogens with one attached hydrogen (secondary N) is 1. The highest BCUT2D eigenvalue weighted by Crippen LogP contribution is 2.13. The van der Waals surface area contributed by atoms with E-state index in [0.717, 1.165) is 41.1 Å². The van der Waals surface area contributed by atoms with Gasteiger partial charge in [0.25, 0.3) is 5.91 Å². The molecule has 0 unspecified atom stereocenters. The fraction of sp³-hybridized carbons (Fsp3) is 0.188. The number of carbonyl (C=O) groups excluding carboxylic acids is 1. The third-order valence-electron chi connectivity index (χ3n) is 2.99. The summed E-state index contributed by atoms with van der Waals surface area (Å²) in [6.07, 6.45) is 1.52. The fourth-order valence-electron chi connectivity index (χ4n) is 1.95. The monoisotopic (exact) mass is 353 g/mol. The average molecular weight is 354 g/mol. The zero-order chi connectivity index (χ0) is 15.2. The molecule has 0 fully saturated rings. The molecule has 2 nitrogen and oxygen atoms in total. The van der Waals surface area contributed by atoms with Crippen LogP contribution < -0.4 is 5.32 Å². The van der Waals surface area contributed by atoms with Gasteiger partial charge in [0.1, 0.15) is 11.6 Å². The first-order chi connectivity index (χ1) is 10.1. The molecule has 0 aliphatic rings. The Morgan fingerprint density at radius 2 is 1.95 bits per heavy atom. The second-order valence-electron chi connectivity index (χ2n) is 4.61. The molecular formula is C16H14BrF2NO. The molecule has 0 radical (unpaired) electrons. The van der Waals surface area contributed by atoms with Gasteiger partial charge in [0, 0.05) is 11.0 Å². The van der Waals surface area contributed by atoms with E-state index in [9.17, 15) is 13.6 Å². The summed E-state index contributed by atoms with van der Waals surface area (Å²) >= 11 is 3.39. The molecule has 0 spiro atoms. The molecule has 5 heteroatoms. The molecule has 1 N–H and O–H groups in total. The molecule has 0 aromatic heterocycles. The summed E-state index contributed by atoms with van der Waals surface area (Å²) in [6.45, 7) is 0.404. The zero-order valence-electron chi connectivity index (χ0n) is 11.2. The minimum atomic E-state index is -0.721.